The van der Waals surface area contributed by atoms with E-state index in [4.69, 9.17) is 0 Å². The number of hydrogen-bond donors (Lipinski definition) is 0. The zero-order valence-corrected chi connectivity index (χ0v) is 11.2. The van der Waals surface area contributed by atoms with Crippen LogP contribution in [0, 0.1) is 5.41 Å². The summed E-state index contributed by atoms with van der Waals surface area (Å²) >= 11 is 0. The Hall–Kier alpha value is -0.860. The molecule has 0 N–H and O–H groups in total. The second-order valence-corrected chi connectivity index (χ2v) is 3.86. The van der Waals surface area contributed by atoms with Crippen LogP contribution in [-0.2, 0) is 9.59 Å². The van der Waals surface area contributed by atoms with Gasteiger partial charge in [0.05, 0.1) is 0 Å². The summed E-state index contributed by atoms with van der Waals surface area (Å²) in [5.41, 5.74) is -0.138. The van der Waals surface area contributed by atoms with E-state index in [9.17, 15) is 9.59 Å². The van der Waals surface area contributed by atoms with E-state index in [0.717, 1.165) is 0 Å². The maximum absolute atomic E-state index is 11.1. The smallest absolute Gasteiger partial charge is 0.229 e. The van der Waals surface area contributed by atoms with Gasteiger partial charge in [-0.1, -0.05) is 41.5 Å². The zero-order chi connectivity index (χ0) is 12.6. The molecule has 0 aromatic rings. The molecule has 90 valence electrons. The quantitative estimate of drug-likeness (QED) is 0.583. The lowest BCUT2D eigenvalue weighted by molar-refractivity contribution is -0.150. The monoisotopic (exact) mass is 215 g/mol. The second-order valence-electron chi connectivity index (χ2n) is 3.86. The van der Waals surface area contributed by atoms with Crippen molar-refractivity contribution in [2.75, 3.05) is 7.05 Å². The predicted molar refractivity (Wildman–Crippen MR) is 63.5 cm³/mol. The zero-order valence-electron chi connectivity index (χ0n) is 11.2. The molecule has 0 aliphatic carbocycles. The number of carbonyl (C=O) groups excluding carboxylic acids is 2. The lowest BCUT2D eigenvalue weighted by Crippen LogP contribution is -2.43. The fourth-order valence-electron chi connectivity index (χ4n) is 1.26. The molecule has 1 rings (SSSR count). The average Bonchev–Trinajstić information content (AvgIpc) is 2.19. The summed E-state index contributed by atoms with van der Waals surface area (Å²) in [6.07, 6.45) is 0.963. The summed E-state index contributed by atoms with van der Waals surface area (Å²) in [7, 11) is 1.54. The number of rotatable bonds is 0. The van der Waals surface area contributed by atoms with Crippen LogP contribution in [0.4, 0.5) is 0 Å². The molecule has 0 bridgehead atoms. The van der Waals surface area contributed by atoms with Gasteiger partial charge in [-0.15, -0.1) is 0 Å². The molecule has 0 aromatic carbocycles. The van der Waals surface area contributed by atoms with Gasteiger partial charge in [0.1, 0.15) is 0 Å². The van der Waals surface area contributed by atoms with Crippen LogP contribution < -0.4 is 0 Å². The van der Waals surface area contributed by atoms with Crippen molar-refractivity contribution in [2.45, 2.75) is 54.4 Å². The molecular weight excluding hydrogens is 190 g/mol. The van der Waals surface area contributed by atoms with Gasteiger partial charge in [0, 0.05) is 19.9 Å². The first-order valence-electron chi connectivity index (χ1n) is 5.72. The Morgan fingerprint density at radius 2 is 1.20 bits per heavy atom. The molecule has 1 fully saturated rings. The van der Waals surface area contributed by atoms with Crippen LogP contribution in [0.3, 0.4) is 0 Å². The first-order chi connectivity index (χ1) is 6.92. The van der Waals surface area contributed by atoms with Gasteiger partial charge in [-0.25, -0.2) is 0 Å². The van der Waals surface area contributed by atoms with Gasteiger partial charge in [-0.05, 0) is 5.41 Å². The van der Waals surface area contributed by atoms with Crippen LogP contribution in [0.15, 0.2) is 0 Å². The number of carbonyl (C=O) groups is 2. The maximum atomic E-state index is 11.1. The van der Waals surface area contributed by atoms with E-state index in [1.807, 2.05) is 41.5 Å². The molecule has 1 aliphatic heterocycles. The Morgan fingerprint density at radius 3 is 1.47 bits per heavy atom. The molecule has 1 aliphatic rings. The van der Waals surface area contributed by atoms with Crippen LogP contribution in [0.5, 0.6) is 0 Å². The third-order valence-electron chi connectivity index (χ3n) is 2.01. The minimum Gasteiger partial charge on any atom is -0.286 e. The summed E-state index contributed by atoms with van der Waals surface area (Å²) in [5.74, 6) is -0.127. The molecule has 2 amide bonds. The van der Waals surface area contributed by atoms with Gasteiger partial charge in [-0.2, -0.15) is 0 Å². The van der Waals surface area contributed by atoms with Crippen molar-refractivity contribution in [3.63, 3.8) is 0 Å². The summed E-state index contributed by atoms with van der Waals surface area (Å²) < 4.78 is 0. The van der Waals surface area contributed by atoms with E-state index < -0.39 is 0 Å². The molecule has 0 saturated carbocycles. The van der Waals surface area contributed by atoms with Crippen LogP contribution in [0.2, 0.25) is 0 Å². The number of likely N-dealkylation sites (tertiary alicyclic amines) is 1. The number of amides is 2. The first kappa shape index (κ1) is 16.6. The molecule has 0 unspecified atom stereocenters. The van der Waals surface area contributed by atoms with E-state index in [-0.39, 0.29) is 17.2 Å². The summed E-state index contributed by atoms with van der Waals surface area (Å²) in [5, 5.41) is 0. The minimum absolute atomic E-state index is 0.0637. The van der Waals surface area contributed by atoms with Crippen LogP contribution in [0.25, 0.3) is 0 Å². The van der Waals surface area contributed by atoms with Crippen molar-refractivity contribution in [1.82, 2.24) is 4.90 Å². The normalized spacial score (nSPS) is 18.5. The first-order valence-corrected chi connectivity index (χ1v) is 5.72. The Kier molecular flexibility index (Phi) is 8.21. The molecule has 15 heavy (non-hydrogen) atoms. The minimum atomic E-state index is -0.138. The van der Waals surface area contributed by atoms with Gasteiger partial charge in [0.2, 0.25) is 11.8 Å². The third kappa shape index (κ3) is 5.55. The maximum Gasteiger partial charge on any atom is 0.229 e. The standard InChI is InChI=1S/C8H13NO2.2C2H6/c1-8(2)4-6(10)9(3)7(11)5-8;2*1-2/h4-5H2,1-3H3;2*1-2H3. The second kappa shape index (κ2) is 7.43. The van der Waals surface area contributed by atoms with E-state index in [1.54, 1.807) is 7.05 Å². The Labute approximate surface area is 93.8 Å². The highest BCUT2D eigenvalue weighted by atomic mass is 16.2. The fourth-order valence-corrected chi connectivity index (χ4v) is 1.26. The Morgan fingerprint density at radius 1 is 0.933 bits per heavy atom. The van der Waals surface area contributed by atoms with E-state index >= 15 is 0 Å². The highest BCUT2D eigenvalue weighted by molar-refractivity contribution is 5.98. The van der Waals surface area contributed by atoms with Crippen molar-refractivity contribution >= 4 is 11.8 Å². The molecule has 0 atom stereocenters. The van der Waals surface area contributed by atoms with Crippen molar-refractivity contribution in [1.29, 1.82) is 0 Å². The van der Waals surface area contributed by atoms with Crippen LogP contribution >= 0.6 is 0 Å². The van der Waals surface area contributed by atoms with Crippen molar-refractivity contribution in [2.24, 2.45) is 5.41 Å². The number of nitrogens with zero attached hydrogens (tertiary/aromatic N) is 1. The van der Waals surface area contributed by atoms with Gasteiger partial charge >= 0.3 is 0 Å². The average molecular weight is 215 g/mol. The Bertz CT molecular complexity index is 190. The van der Waals surface area contributed by atoms with E-state index in [1.165, 1.54) is 4.90 Å². The van der Waals surface area contributed by atoms with Crippen molar-refractivity contribution in [3.05, 3.63) is 0 Å². The molecule has 0 radical (unpaired) electrons. The molecule has 3 nitrogen and oxygen atoms in total. The number of hydrogen-bond acceptors (Lipinski definition) is 2. The summed E-state index contributed by atoms with van der Waals surface area (Å²) in [6, 6.07) is 0. The fraction of sp³-hybridized carbons (Fsp3) is 0.833. The molecular formula is C12H25NO2. The highest BCUT2D eigenvalue weighted by Crippen LogP contribution is 2.30. The van der Waals surface area contributed by atoms with E-state index in [0.29, 0.717) is 12.8 Å². The highest BCUT2D eigenvalue weighted by Gasteiger charge is 2.34. The molecule has 0 aromatic heterocycles. The molecule has 0 spiro atoms. The largest absolute Gasteiger partial charge is 0.286 e. The molecule has 1 heterocycles. The summed E-state index contributed by atoms with van der Waals surface area (Å²) in [4.78, 5) is 23.5. The van der Waals surface area contributed by atoms with Crippen LogP contribution in [-0.4, -0.2) is 23.8 Å². The SMILES string of the molecule is CC.CC.CN1C(=O)CC(C)(C)CC1=O. The lowest BCUT2D eigenvalue weighted by Gasteiger charge is -2.32. The summed E-state index contributed by atoms with van der Waals surface area (Å²) in [6.45, 7) is 11.9. The lowest BCUT2D eigenvalue weighted by atomic mass is 9.82. The van der Waals surface area contributed by atoms with Gasteiger partial charge in [-0.3, -0.25) is 14.5 Å². The molecule has 3 heteroatoms. The number of imide groups is 1. The molecule has 1 saturated heterocycles. The Balaban J connectivity index is 0. The van der Waals surface area contributed by atoms with Gasteiger partial charge < -0.3 is 0 Å². The van der Waals surface area contributed by atoms with Crippen LogP contribution in [0.1, 0.15) is 54.4 Å². The number of piperidine rings is 1. The topological polar surface area (TPSA) is 37.4 Å². The van der Waals surface area contributed by atoms with Gasteiger partial charge in [0.15, 0.2) is 0 Å². The third-order valence-corrected chi connectivity index (χ3v) is 2.01. The predicted octanol–water partition coefficient (Wildman–Crippen LogP) is 2.84. The van der Waals surface area contributed by atoms with Gasteiger partial charge in [0.25, 0.3) is 0 Å². The van der Waals surface area contributed by atoms with Crippen molar-refractivity contribution in [3.8, 4) is 0 Å². The van der Waals surface area contributed by atoms with E-state index in [2.05, 4.69) is 0 Å². The van der Waals surface area contributed by atoms with Crippen molar-refractivity contribution < 1.29 is 9.59 Å².